The Labute approximate surface area is 83.2 Å². The summed E-state index contributed by atoms with van der Waals surface area (Å²) >= 11 is 0. The largest absolute Gasteiger partial charge is 0.344 e. The van der Waals surface area contributed by atoms with Gasteiger partial charge in [0.1, 0.15) is 11.8 Å². The molecule has 0 amide bonds. The molecule has 0 saturated carbocycles. The minimum absolute atomic E-state index is 0.384. The average molecular weight is 191 g/mol. The third-order valence-electron chi connectivity index (χ3n) is 1.80. The lowest BCUT2D eigenvalue weighted by Crippen LogP contribution is -2.23. The maximum Gasteiger partial charge on any atom is 0.226 e. The Morgan fingerprint density at radius 1 is 1.64 bits per heavy atom. The highest BCUT2D eigenvalue weighted by Crippen LogP contribution is 2.04. The first-order valence-corrected chi connectivity index (χ1v) is 4.42. The van der Waals surface area contributed by atoms with E-state index in [0.717, 1.165) is 13.0 Å². The number of hydrogen-bond acceptors (Lipinski definition) is 5. The number of nitriles is 1. The summed E-state index contributed by atoms with van der Waals surface area (Å²) in [5.41, 5.74) is 5.78. The Balaban J connectivity index is 2.70. The Bertz CT molecular complexity index is 330. The van der Waals surface area contributed by atoms with Gasteiger partial charge in [-0.3, -0.25) is 0 Å². The number of rotatable bonds is 4. The third-order valence-corrected chi connectivity index (χ3v) is 1.80. The molecule has 0 spiro atoms. The van der Waals surface area contributed by atoms with E-state index in [1.54, 1.807) is 12.3 Å². The first kappa shape index (κ1) is 10.4. The normalized spacial score (nSPS) is 9.50. The highest BCUT2D eigenvalue weighted by atomic mass is 15.2. The number of nitrogens with zero attached hydrogens (tertiary/aromatic N) is 4. The number of anilines is 1. The molecule has 0 aliphatic carbocycles. The van der Waals surface area contributed by atoms with Crippen LogP contribution in [0.2, 0.25) is 0 Å². The number of hydrogen-bond donors (Lipinski definition) is 1. The van der Waals surface area contributed by atoms with Crippen molar-refractivity contribution < 1.29 is 0 Å². The van der Waals surface area contributed by atoms with Gasteiger partial charge in [0.25, 0.3) is 0 Å². The first-order chi connectivity index (χ1) is 6.77. The van der Waals surface area contributed by atoms with Gasteiger partial charge >= 0.3 is 0 Å². The van der Waals surface area contributed by atoms with Crippen LogP contribution in [0.3, 0.4) is 0 Å². The SMILES string of the molecule is CN(CCCN)c1nccc(C#N)n1. The van der Waals surface area contributed by atoms with Crippen LogP contribution >= 0.6 is 0 Å². The van der Waals surface area contributed by atoms with Crippen LogP contribution in [0, 0.1) is 11.3 Å². The van der Waals surface area contributed by atoms with Crippen LogP contribution in [0.15, 0.2) is 12.3 Å². The second-order valence-electron chi connectivity index (χ2n) is 2.92. The van der Waals surface area contributed by atoms with E-state index >= 15 is 0 Å². The van der Waals surface area contributed by atoms with Crippen LogP contribution in [-0.4, -0.2) is 30.1 Å². The summed E-state index contributed by atoms with van der Waals surface area (Å²) in [6.45, 7) is 1.44. The van der Waals surface area contributed by atoms with Gasteiger partial charge in [-0.05, 0) is 19.0 Å². The fraction of sp³-hybridized carbons (Fsp3) is 0.444. The van der Waals surface area contributed by atoms with E-state index < -0.39 is 0 Å². The molecule has 0 aliphatic rings. The third kappa shape index (κ3) is 2.68. The molecule has 0 aromatic carbocycles. The number of nitrogens with two attached hydrogens (primary N) is 1. The maximum absolute atomic E-state index is 8.64. The molecule has 0 bridgehead atoms. The van der Waals surface area contributed by atoms with Crippen molar-refractivity contribution in [1.82, 2.24) is 9.97 Å². The van der Waals surface area contributed by atoms with Gasteiger partial charge in [0.05, 0.1) is 0 Å². The molecule has 0 saturated heterocycles. The van der Waals surface area contributed by atoms with Crippen LogP contribution in [0.4, 0.5) is 5.95 Å². The second kappa shape index (κ2) is 5.14. The second-order valence-corrected chi connectivity index (χ2v) is 2.92. The summed E-state index contributed by atoms with van der Waals surface area (Å²) in [6.07, 6.45) is 2.47. The topological polar surface area (TPSA) is 78.8 Å². The smallest absolute Gasteiger partial charge is 0.226 e. The molecule has 0 aliphatic heterocycles. The molecule has 0 atom stereocenters. The Kier molecular flexibility index (Phi) is 3.83. The fourth-order valence-electron chi connectivity index (χ4n) is 1.02. The van der Waals surface area contributed by atoms with Crippen LogP contribution in [-0.2, 0) is 0 Å². The predicted octanol–water partition coefficient (Wildman–Crippen LogP) is 0.133. The van der Waals surface area contributed by atoms with E-state index in [1.165, 1.54) is 0 Å². The summed E-state index contributed by atoms with van der Waals surface area (Å²) in [5.74, 6) is 0.567. The molecule has 0 unspecified atom stereocenters. The molecular weight excluding hydrogens is 178 g/mol. The lowest BCUT2D eigenvalue weighted by Gasteiger charge is -2.15. The van der Waals surface area contributed by atoms with Gasteiger partial charge in [0.2, 0.25) is 5.95 Å². The van der Waals surface area contributed by atoms with Gasteiger partial charge in [-0.25, -0.2) is 9.97 Å². The number of aromatic nitrogens is 2. The van der Waals surface area contributed by atoms with Crippen molar-refractivity contribution in [3.63, 3.8) is 0 Å². The van der Waals surface area contributed by atoms with E-state index in [4.69, 9.17) is 11.0 Å². The van der Waals surface area contributed by atoms with Crippen molar-refractivity contribution in [2.24, 2.45) is 5.73 Å². The van der Waals surface area contributed by atoms with Crippen LogP contribution in [0.5, 0.6) is 0 Å². The maximum atomic E-state index is 8.64. The van der Waals surface area contributed by atoms with Crippen molar-refractivity contribution >= 4 is 5.95 Å². The van der Waals surface area contributed by atoms with Crippen molar-refractivity contribution in [3.8, 4) is 6.07 Å². The summed E-state index contributed by atoms with van der Waals surface area (Å²) in [5, 5.41) is 8.64. The standard InChI is InChI=1S/C9H13N5/c1-14(6-2-4-10)9-12-5-3-8(7-11)13-9/h3,5H,2,4,6,10H2,1H3. The summed E-state index contributed by atoms with van der Waals surface area (Å²) in [7, 11) is 1.88. The van der Waals surface area contributed by atoms with Crippen molar-refractivity contribution in [1.29, 1.82) is 5.26 Å². The van der Waals surface area contributed by atoms with Crippen molar-refractivity contribution in [2.45, 2.75) is 6.42 Å². The molecule has 5 heteroatoms. The van der Waals surface area contributed by atoms with E-state index in [0.29, 0.717) is 18.2 Å². The molecule has 2 N–H and O–H groups in total. The monoisotopic (exact) mass is 191 g/mol. The highest BCUT2D eigenvalue weighted by molar-refractivity contribution is 5.32. The zero-order valence-electron chi connectivity index (χ0n) is 8.14. The molecule has 1 aromatic heterocycles. The van der Waals surface area contributed by atoms with Gasteiger partial charge in [-0.2, -0.15) is 5.26 Å². The molecule has 5 nitrogen and oxygen atoms in total. The van der Waals surface area contributed by atoms with Crippen LogP contribution in [0.25, 0.3) is 0 Å². The minimum Gasteiger partial charge on any atom is -0.344 e. The highest BCUT2D eigenvalue weighted by Gasteiger charge is 2.03. The summed E-state index contributed by atoms with van der Waals surface area (Å²) in [6, 6.07) is 3.56. The van der Waals surface area contributed by atoms with Crippen LogP contribution in [0.1, 0.15) is 12.1 Å². The first-order valence-electron chi connectivity index (χ1n) is 4.42. The molecule has 1 rings (SSSR count). The van der Waals surface area contributed by atoms with Crippen molar-refractivity contribution in [3.05, 3.63) is 18.0 Å². The lowest BCUT2D eigenvalue weighted by atomic mass is 10.4. The van der Waals surface area contributed by atoms with Gasteiger partial charge in [0, 0.05) is 19.8 Å². The van der Waals surface area contributed by atoms with Gasteiger partial charge in [-0.15, -0.1) is 0 Å². The fourth-order valence-corrected chi connectivity index (χ4v) is 1.02. The van der Waals surface area contributed by atoms with E-state index in [9.17, 15) is 0 Å². The zero-order chi connectivity index (χ0) is 10.4. The van der Waals surface area contributed by atoms with Gasteiger partial charge < -0.3 is 10.6 Å². The van der Waals surface area contributed by atoms with Crippen LogP contribution < -0.4 is 10.6 Å². The van der Waals surface area contributed by atoms with E-state index in [2.05, 4.69) is 9.97 Å². The average Bonchev–Trinajstić information content (AvgIpc) is 2.26. The molecule has 14 heavy (non-hydrogen) atoms. The van der Waals surface area contributed by atoms with E-state index in [1.807, 2.05) is 18.0 Å². The quantitative estimate of drug-likeness (QED) is 0.732. The lowest BCUT2D eigenvalue weighted by molar-refractivity contribution is 0.774. The minimum atomic E-state index is 0.384. The summed E-state index contributed by atoms with van der Waals surface area (Å²) in [4.78, 5) is 10.0. The van der Waals surface area contributed by atoms with Crippen molar-refractivity contribution in [2.75, 3.05) is 25.0 Å². The Morgan fingerprint density at radius 3 is 3.07 bits per heavy atom. The van der Waals surface area contributed by atoms with Gasteiger partial charge in [0.15, 0.2) is 0 Å². The molecular formula is C9H13N5. The van der Waals surface area contributed by atoms with Gasteiger partial charge in [-0.1, -0.05) is 0 Å². The molecule has 0 radical (unpaired) electrons. The molecule has 74 valence electrons. The Hall–Kier alpha value is -1.67. The predicted molar refractivity (Wildman–Crippen MR) is 53.7 cm³/mol. The molecule has 1 aromatic rings. The molecule has 0 fully saturated rings. The Morgan fingerprint density at radius 2 is 2.43 bits per heavy atom. The molecule has 1 heterocycles. The summed E-state index contributed by atoms with van der Waals surface area (Å²) < 4.78 is 0. The van der Waals surface area contributed by atoms with E-state index in [-0.39, 0.29) is 0 Å². The zero-order valence-corrected chi connectivity index (χ0v) is 8.14.